The van der Waals surface area contributed by atoms with Crippen LogP contribution in [0.1, 0.15) is 44.4 Å². The van der Waals surface area contributed by atoms with Gasteiger partial charge in [-0.15, -0.1) is 0 Å². The maximum Gasteiger partial charge on any atom is 0.0953 e. The maximum atomic E-state index is 6.07. The van der Waals surface area contributed by atoms with Crippen molar-refractivity contribution in [3.63, 3.8) is 0 Å². The summed E-state index contributed by atoms with van der Waals surface area (Å²) in [6, 6.07) is 0.0961. The van der Waals surface area contributed by atoms with Crippen molar-refractivity contribution in [3.05, 3.63) is 23.7 Å². The summed E-state index contributed by atoms with van der Waals surface area (Å²) in [5, 5.41) is 0. The van der Waals surface area contributed by atoms with Gasteiger partial charge in [-0.2, -0.15) is 0 Å². The minimum absolute atomic E-state index is 0.0961. The molecule has 0 saturated heterocycles. The Morgan fingerprint density at radius 3 is 2.38 bits per heavy atom. The Labute approximate surface area is 80.1 Å². The minimum Gasteiger partial charge on any atom is -0.472 e. The summed E-state index contributed by atoms with van der Waals surface area (Å²) in [5.41, 5.74) is 8.62. The summed E-state index contributed by atoms with van der Waals surface area (Å²) in [4.78, 5) is 0. The van der Waals surface area contributed by atoms with Crippen LogP contribution in [0.2, 0.25) is 0 Å². The Morgan fingerprint density at radius 1 is 1.38 bits per heavy atom. The molecular weight excluding hydrogens is 162 g/mol. The lowest BCUT2D eigenvalue weighted by atomic mass is 9.86. The van der Waals surface area contributed by atoms with Gasteiger partial charge in [-0.25, -0.2) is 0 Å². The lowest BCUT2D eigenvalue weighted by Gasteiger charge is -2.22. The SMILES string of the molecule is Cc1cocc1C(N)CC(C)(C)C. The molecule has 1 atom stereocenters. The molecule has 0 aliphatic heterocycles. The van der Waals surface area contributed by atoms with E-state index in [9.17, 15) is 0 Å². The molecule has 0 aliphatic rings. The van der Waals surface area contributed by atoms with Gasteiger partial charge in [-0.1, -0.05) is 20.8 Å². The molecule has 1 aromatic rings. The van der Waals surface area contributed by atoms with Crippen LogP contribution in [0.5, 0.6) is 0 Å². The highest BCUT2D eigenvalue weighted by Crippen LogP contribution is 2.29. The summed E-state index contributed by atoms with van der Waals surface area (Å²) < 4.78 is 5.10. The molecule has 1 heterocycles. The van der Waals surface area contributed by atoms with Gasteiger partial charge >= 0.3 is 0 Å². The standard InChI is InChI=1S/C11H19NO/c1-8-6-13-7-9(8)10(12)5-11(2,3)4/h6-7,10H,5,12H2,1-4H3. The highest BCUT2D eigenvalue weighted by atomic mass is 16.3. The number of hydrogen-bond donors (Lipinski definition) is 1. The second-order valence-electron chi connectivity index (χ2n) is 4.88. The molecule has 2 heteroatoms. The summed E-state index contributed by atoms with van der Waals surface area (Å²) in [6.07, 6.45) is 4.48. The van der Waals surface area contributed by atoms with Crippen molar-refractivity contribution in [2.45, 2.75) is 40.2 Å². The Balaban J connectivity index is 2.69. The van der Waals surface area contributed by atoms with E-state index in [2.05, 4.69) is 20.8 Å². The fourth-order valence-corrected chi connectivity index (χ4v) is 1.52. The van der Waals surface area contributed by atoms with E-state index in [1.165, 1.54) is 0 Å². The predicted octanol–water partition coefficient (Wildman–Crippen LogP) is 3.02. The molecule has 0 aromatic carbocycles. The molecule has 1 rings (SSSR count). The van der Waals surface area contributed by atoms with Gasteiger partial charge < -0.3 is 10.2 Å². The molecule has 0 spiro atoms. The van der Waals surface area contributed by atoms with Crippen LogP contribution in [0, 0.1) is 12.3 Å². The molecule has 2 nitrogen and oxygen atoms in total. The van der Waals surface area contributed by atoms with Crippen LogP contribution in [0.3, 0.4) is 0 Å². The fraction of sp³-hybridized carbons (Fsp3) is 0.636. The van der Waals surface area contributed by atoms with Crippen LogP contribution in [0.15, 0.2) is 16.9 Å². The van der Waals surface area contributed by atoms with Crippen molar-refractivity contribution in [1.29, 1.82) is 0 Å². The van der Waals surface area contributed by atoms with Gasteiger partial charge in [0.1, 0.15) is 0 Å². The number of furan rings is 1. The zero-order valence-corrected chi connectivity index (χ0v) is 8.92. The molecular formula is C11H19NO. The third-order valence-electron chi connectivity index (χ3n) is 2.13. The highest BCUT2D eigenvalue weighted by Gasteiger charge is 2.18. The number of rotatable bonds is 2. The topological polar surface area (TPSA) is 39.2 Å². The first kappa shape index (κ1) is 10.3. The monoisotopic (exact) mass is 181 g/mol. The predicted molar refractivity (Wildman–Crippen MR) is 54.4 cm³/mol. The summed E-state index contributed by atoms with van der Waals surface area (Å²) in [5.74, 6) is 0. The van der Waals surface area contributed by atoms with Gasteiger partial charge in [-0.05, 0) is 24.3 Å². The second-order valence-corrected chi connectivity index (χ2v) is 4.88. The fourth-order valence-electron chi connectivity index (χ4n) is 1.52. The van der Waals surface area contributed by atoms with Crippen LogP contribution in [0.25, 0.3) is 0 Å². The molecule has 0 saturated carbocycles. The van der Waals surface area contributed by atoms with Crippen LogP contribution < -0.4 is 5.73 Å². The first-order chi connectivity index (χ1) is 5.90. The third-order valence-corrected chi connectivity index (χ3v) is 2.13. The van der Waals surface area contributed by atoms with E-state index in [1.54, 1.807) is 12.5 Å². The van der Waals surface area contributed by atoms with Gasteiger partial charge in [0.25, 0.3) is 0 Å². The third kappa shape index (κ3) is 2.88. The van der Waals surface area contributed by atoms with Crippen molar-refractivity contribution >= 4 is 0 Å². The van der Waals surface area contributed by atoms with E-state index in [0.717, 1.165) is 17.5 Å². The Kier molecular flexibility index (Phi) is 2.81. The molecule has 0 bridgehead atoms. The Bertz CT molecular complexity index is 270. The molecule has 2 N–H and O–H groups in total. The molecule has 74 valence electrons. The Hall–Kier alpha value is -0.760. The van der Waals surface area contributed by atoms with Crippen molar-refractivity contribution in [1.82, 2.24) is 0 Å². The van der Waals surface area contributed by atoms with E-state index in [1.807, 2.05) is 6.92 Å². The average Bonchev–Trinajstić information content (AvgIpc) is 2.30. The quantitative estimate of drug-likeness (QED) is 0.761. The van der Waals surface area contributed by atoms with Gasteiger partial charge in [0.05, 0.1) is 12.5 Å². The normalized spacial score (nSPS) is 14.5. The molecule has 0 amide bonds. The summed E-state index contributed by atoms with van der Waals surface area (Å²) in [6.45, 7) is 8.62. The van der Waals surface area contributed by atoms with Gasteiger partial charge in [-0.3, -0.25) is 0 Å². The van der Waals surface area contributed by atoms with Gasteiger partial charge in [0, 0.05) is 11.6 Å². The van der Waals surface area contributed by atoms with Gasteiger partial charge in [0.15, 0.2) is 0 Å². The van der Waals surface area contributed by atoms with Crippen molar-refractivity contribution in [3.8, 4) is 0 Å². The largest absolute Gasteiger partial charge is 0.472 e. The first-order valence-electron chi connectivity index (χ1n) is 4.68. The van der Waals surface area contributed by atoms with Crippen molar-refractivity contribution < 1.29 is 4.42 Å². The van der Waals surface area contributed by atoms with Crippen LogP contribution >= 0.6 is 0 Å². The van der Waals surface area contributed by atoms with Crippen LogP contribution in [0.4, 0.5) is 0 Å². The number of hydrogen-bond acceptors (Lipinski definition) is 2. The number of nitrogens with two attached hydrogens (primary N) is 1. The number of aryl methyl sites for hydroxylation is 1. The summed E-state index contributed by atoms with van der Waals surface area (Å²) >= 11 is 0. The van der Waals surface area contributed by atoms with E-state index in [0.29, 0.717) is 0 Å². The lowest BCUT2D eigenvalue weighted by Crippen LogP contribution is -2.18. The molecule has 0 fully saturated rings. The van der Waals surface area contributed by atoms with Gasteiger partial charge in [0.2, 0.25) is 0 Å². The van der Waals surface area contributed by atoms with Crippen LogP contribution in [-0.4, -0.2) is 0 Å². The molecule has 13 heavy (non-hydrogen) atoms. The van der Waals surface area contributed by atoms with E-state index in [4.69, 9.17) is 10.2 Å². The van der Waals surface area contributed by atoms with Crippen LogP contribution in [-0.2, 0) is 0 Å². The van der Waals surface area contributed by atoms with Crippen molar-refractivity contribution in [2.75, 3.05) is 0 Å². The van der Waals surface area contributed by atoms with Crippen molar-refractivity contribution in [2.24, 2.45) is 11.1 Å². The summed E-state index contributed by atoms with van der Waals surface area (Å²) in [7, 11) is 0. The maximum absolute atomic E-state index is 6.07. The zero-order valence-electron chi connectivity index (χ0n) is 8.92. The van der Waals surface area contributed by atoms with E-state index in [-0.39, 0.29) is 11.5 Å². The van der Waals surface area contributed by atoms with E-state index < -0.39 is 0 Å². The average molecular weight is 181 g/mol. The first-order valence-corrected chi connectivity index (χ1v) is 4.68. The Morgan fingerprint density at radius 2 is 2.00 bits per heavy atom. The molecule has 1 aromatic heterocycles. The zero-order chi connectivity index (χ0) is 10.1. The second kappa shape index (κ2) is 3.54. The molecule has 0 aliphatic carbocycles. The molecule has 1 unspecified atom stereocenters. The minimum atomic E-state index is 0.0961. The van der Waals surface area contributed by atoms with E-state index >= 15 is 0 Å². The lowest BCUT2D eigenvalue weighted by molar-refractivity contribution is 0.341. The molecule has 0 radical (unpaired) electrons. The highest BCUT2D eigenvalue weighted by molar-refractivity contribution is 5.22. The smallest absolute Gasteiger partial charge is 0.0953 e.